The quantitative estimate of drug-likeness (QED) is 0.639. The van der Waals surface area contributed by atoms with Crippen LogP contribution in [0.4, 0.5) is 0 Å². The number of pyridine rings is 1. The third kappa shape index (κ3) is 2.78. The maximum atomic E-state index is 12.5. The fourth-order valence-electron chi connectivity index (χ4n) is 2.28. The van der Waals surface area contributed by atoms with E-state index in [1.807, 2.05) is 30.3 Å². The molecule has 0 unspecified atom stereocenters. The molecule has 1 heterocycles. The van der Waals surface area contributed by atoms with E-state index < -0.39 is 0 Å². The maximum absolute atomic E-state index is 12.5. The van der Waals surface area contributed by atoms with Gasteiger partial charge in [-0.15, -0.1) is 0 Å². The van der Waals surface area contributed by atoms with Crippen molar-refractivity contribution in [3.05, 3.63) is 76.0 Å². The fraction of sp³-hybridized carbons (Fsp3) is 0.0588. The first-order valence-electron chi connectivity index (χ1n) is 6.46. The van der Waals surface area contributed by atoms with Crippen molar-refractivity contribution in [1.82, 2.24) is 4.98 Å². The lowest BCUT2D eigenvalue weighted by Gasteiger charge is -2.07. The molecule has 2 aromatic carbocycles. The Bertz CT molecular complexity index is 825. The first-order chi connectivity index (χ1) is 10.2. The van der Waals surface area contributed by atoms with Gasteiger partial charge < -0.3 is 0 Å². The molecular weight excluding hydrogens is 305 g/mol. The summed E-state index contributed by atoms with van der Waals surface area (Å²) in [5.41, 5.74) is 1.17. The predicted octanol–water partition coefficient (Wildman–Crippen LogP) is 4.97. The molecule has 1 aromatic heterocycles. The minimum atomic E-state index is -0.0732. The number of fused-ring (bicyclic) bond motifs is 1. The highest BCUT2D eigenvalue weighted by Crippen LogP contribution is 2.27. The molecule has 4 heteroatoms. The van der Waals surface area contributed by atoms with E-state index >= 15 is 0 Å². The number of ketones is 1. The van der Waals surface area contributed by atoms with E-state index in [1.54, 1.807) is 24.4 Å². The van der Waals surface area contributed by atoms with Gasteiger partial charge in [-0.1, -0.05) is 59.6 Å². The second kappa shape index (κ2) is 5.84. The van der Waals surface area contributed by atoms with E-state index in [2.05, 4.69) is 4.98 Å². The van der Waals surface area contributed by atoms with Crippen molar-refractivity contribution >= 4 is 39.8 Å². The predicted molar refractivity (Wildman–Crippen MR) is 86.2 cm³/mol. The number of hydrogen-bond acceptors (Lipinski definition) is 2. The van der Waals surface area contributed by atoms with Crippen LogP contribution in [0.1, 0.15) is 16.1 Å². The summed E-state index contributed by atoms with van der Waals surface area (Å²) in [7, 11) is 0. The molecule has 0 aliphatic carbocycles. The summed E-state index contributed by atoms with van der Waals surface area (Å²) in [5, 5.41) is 2.72. The summed E-state index contributed by atoms with van der Waals surface area (Å²) < 4.78 is 0. The number of rotatable bonds is 3. The van der Waals surface area contributed by atoms with Crippen molar-refractivity contribution < 1.29 is 4.79 Å². The molecule has 0 saturated heterocycles. The molecule has 0 atom stereocenters. The van der Waals surface area contributed by atoms with Crippen molar-refractivity contribution in [2.45, 2.75) is 6.42 Å². The lowest BCUT2D eigenvalue weighted by molar-refractivity contribution is 0.0990. The normalized spacial score (nSPS) is 10.8. The Morgan fingerprint density at radius 3 is 2.67 bits per heavy atom. The molecule has 104 valence electrons. The molecule has 0 aliphatic heterocycles. The maximum Gasteiger partial charge on any atom is 0.186 e. The Morgan fingerprint density at radius 2 is 1.81 bits per heavy atom. The number of aromatic nitrogens is 1. The van der Waals surface area contributed by atoms with Crippen molar-refractivity contribution in [2.75, 3.05) is 0 Å². The van der Waals surface area contributed by atoms with E-state index in [1.165, 1.54) is 0 Å². The summed E-state index contributed by atoms with van der Waals surface area (Å²) in [5.74, 6) is -0.0732. The topological polar surface area (TPSA) is 30.0 Å². The van der Waals surface area contributed by atoms with Crippen molar-refractivity contribution in [1.29, 1.82) is 0 Å². The van der Waals surface area contributed by atoms with Crippen LogP contribution in [0.3, 0.4) is 0 Å². The summed E-state index contributed by atoms with van der Waals surface area (Å²) >= 11 is 12.1. The first kappa shape index (κ1) is 14.1. The zero-order chi connectivity index (χ0) is 14.8. The summed E-state index contributed by atoms with van der Waals surface area (Å²) in [6.45, 7) is 0. The molecule has 21 heavy (non-hydrogen) atoms. The van der Waals surface area contributed by atoms with Crippen LogP contribution >= 0.6 is 23.2 Å². The van der Waals surface area contributed by atoms with E-state index in [-0.39, 0.29) is 12.2 Å². The van der Waals surface area contributed by atoms with Crippen LogP contribution in [-0.4, -0.2) is 10.8 Å². The van der Waals surface area contributed by atoms with Crippen molar-refractivity contribution in [3.63, 3.8) is 0 Å². The number of benzene rings is 2. The van der Waals surface area contributed by atoms with E-state index in [0.717, 1.165) is 10.8 Å². The summed E-state index contributed by atoms with van der Waals surface area (Å²) in [4.78, 5) is 16.8. The standard InChI is InChI=1S/C17H11Cl2NO/c18-14-7-3-5-12(16(14)19)10-15(21)17-13-6-2-1-4-11(13)8-9-20-17/h1-9H,10H2. The Morgan fingerprint density at radius 1 is 1.00 bits per heavy atom. The Balaban J connectivity index is 2.00. The van der Waals surface area contributed by atoms with Gasteiger partial charge >= 0.3 is 0 Å². The van der Waals surface area contributed by atoms with E-state index in [9.17, 15) is 4.79 Å². The van der Waals surface area contributed by atoms with Crippen LogP contribution in [0.5, 0.6) is 0 Å². The van der Waals surface area contributed by atoms with Gasteiger partial charge in [-0.3, -0.25) is 9.78 Å². The average molecular weight is 316 g/mol. The largest absolute Gasteiger partial charge is 0.292 e. The molecule has 0 N–H and O–H groups in total. The third-order valence-electron chi connectivity index (χ3n) is 3.32. The second-order valence-corrected chi connectivity index (χ2v) is 5.48. The van der Waals surface area contributed by atoms with Gasteiger partial charge in [0, 0.05) is 18.0 Å². The van der Waals surface area contributed by atoms with Crippen LogP contribution in [0, 0.1) is 0 Å². The molecular formula is C17H11Cl2NO. The van der Waals surface area contributed by atoms with Gasteiger partial charge in [0.2, 0.25) is 0 Å². The van der Waals surface area contributed by atoms with Gasteiger partial charge in [0.25, 0.3) is 0 Å². The van der Waals surface area contributed by atoms with Crippen LogP contribution in [-0.2, 0) is 6.42 Å². The summed E-state index contributed by atoms with van der Waals surface area (Å²) in [6.07, 6.45) is 1.83. The minimum Gasteiger partial charge on any atom is -0.292 e. The average Bonchev–Trinajstić information content (AvgIpc) is 2.51. The number of Topliss-reactive ketones (excluding diaryl/α,β-unsaturated/α-hetero) is 1. The van der Waals surface area contributed by atoms with E-state index in [0.29, 0.717) is 21.3 Å². The van der Waals surface area contributed by atoms with Gasteiger partial charge in [0.15, 0.2) is 5.78 Å². The molecule has 0 fully saturated rings. The number of hydrogen-bond donors (Lipinski definition) is 0. The molecule has 0 bridgehead atoms. The van der Waals surface area contributed by atoms with Crippen LogP contribution < -0.4 is 0 Å². The number of nitrogens with zero attached hydrogens (tertiary/aromatic N) is 1. The SMILES string of the molecule is O=C(Cc1cccc(Cl)c1Cl)c1nccc2ccccc12. The highest BCUT2D eigenvalue weighted by molar-refractivity contribution is 6.42. The molecule has 0 spiro atoms. The third-order valence-corrected chi connectivity index (χ3v) is 4.18. The highest BCUT2D eigenvalue weighted by Gasteiger charge is 2.14. The molecule has 0 aliphatic rings. The van der Waals surface area contributed by atoms with Gasteiger partial charge in [0.05, 0.1) is 10.0 Å². The van der Waals surface area contributed by atoms with Crippen LogP contribution in [0.25, 0.3) is 10.8 Å². The van der Waals surface area contributed by atoms with Crippen molar-refractivity contribution in [3.8, 4) is 0 Å². The first-order valence-corrected chi connectivity index (χ1v) is 7.22. The molecule has 0 radical (unpaired) electrons. The van der Waals surface area contributed by atoms with Gasteiger partial charge in [-0.25, -0.2) is 0 Å². The molecule has 2 nitrogen and oxygen atoms in total. The van der Waals surface area contributed by atoms with E-state index in [4.69, 9.17) is 23.2 Å². The molecule has 3 rings (SSSR count). The molecule has 0 amide bonds. The number of carbonyl (C=O) groups is 1. The van der Waals surface area contributed by atoms with Gasteiger partial charge in [-0.05, 0) is 23.1 Å². The van der Waals surface area contributed by atoms with Gasteiger partial charge in [0.1, 0.15) is 5.69 Å². The zero-order valence-corrected chi connectivity index (χ0v) is 12.5. The second-order valence-electron chi connectivity index (χ2n) is 4.69. The Kier molecular flexibility index (Phi) is 3.91. The molecule has 0 saturated carbocycles. The number of halogens is 2. The fourth-order valence-corrected chi connectivity index (χ4v) is 2.67. The van der Waals surface area contributed by atoms with Crippen LogP contribution in [0.2, 0.25) is 10.0 Å². The zero-order valence-electron chi connectivity index (χ0n) is 11.0. The smallest absolute Gasteiger partial charge is 0.186 e. The lowest BCUT2D eigenvalue weighted by atomic mass is 10.0. The monoisotopic (exact) mass is 315 g/mol. The molecule has 3 aromatic rings. The van der Waals surface area contributed by atoms with Gasteiger partial charge in [-0.2, -0.15) is 0 Å². The Labute approximate surface area is 132 Å². The Hall–Kier alpha value is -1.90. The van der Waals surface area contributed by atoms with Crippen molar-refractivity contribution in [2.24, 2.45) is 0 Å². The minimum absolute atomic E-state index is 0.0732. The highest BCUT2D eigenvalue weighted by atomic mass is 35.5. The van der Waals surface area contributed by atoms with Crippen LogP contribution in [0.15, 0.2) is 54.7 Å². The number of carbonyl (C=O) groups excluding carboxylic acids is 1. The lowest BCUT2D eigenvalue weighted by Crippen LogP contribution is -2.07. The summed E-state index contributed by atoms with van der Waals surface area (Å²) in [6, 6.07) is 14.9.